The quantitative estimate of drug-likeness (QED) is 0.897. The average Bonchev–Trinajstić information content (AvgIpc) is 2.41. The summed E-state index contributed by atoms with van der Waals surface area (Å²) in [4.78, 5) is 0. The SMILES string of the molecule is NC1(Cc2ccc(F)cc2)COc2ccccc2C1. The highest BCUT2D eigenvalue weighted by Gasteiger charge is 2.31. The Kier molecular flexibility index (Phi) is 2.99. The Bertz CT molecular complexity index is 582. The molecular weight excluding hydrogens is 241 g/mol. The van der Waals surface area contributed by atoms with Gasteiger partial charge in [0.1, 0.15) is 18.2 Å². The Morgan fingerprint density at radius 1 is 1.11 bits per heavy atom. The summed E-state index contributed by atoms with van der Waals surface area (Å²) in [5.74, 6) is 0.697. The van der Waals surface area contributed by atoms with Crippen LogP contribution in [0.4, 0.5) is 4.39 Å². The molecule has 0 radical (unpaired) electrons. The normalized spacial score (nSPS) is 21.6. The van der Waals surface area contributed by atoms with E-state index in [2.05, 4.69) is 0 Å². The maximum absolute atomic E-state index is 12.9. The number of nitrogens with two attached hydrogens (primary N) is 1. The van der Waals surface area contributed by atoms with Crippen molar-refractivity contribution < 1.29 is 9.13 Å². The zero-order valence-corrected chi connectivity index (χ0v) is 10.6. The zero-order valence-electron chi connectivity index (χ0n) is 10.6. The van der Waals surface area contributed by atoms with Crippen LogP contribution in [0.25, 0.3) is 0 Å². The summed E-state index contributed by atoms with van der Waals surface area (Å²) >= 11 is 0. The van der Waals surface area contributed by atoms with Gasteiger partial charge >= 0.3 is 0 Å². The fourth-order valence-electron chi connectivity index (χ4n) is 2.56. The standard InChI is InChI=1S/C16H16FNO/c17-14-7-5-12(6-8-14)9-16(18)10-13-3-1-2-4-15(13)19-11-16/h1-8H,9-11,18H2. The van der Waals surface area contributed by atoms with E-state index in [-0.39, 0.29) is 5.82 Å². The van der Waals surface area contributed by atoms with Crippen molar-refractivity contribution in [2.75, 3.05) is 6.61 Å². The van der Waals surface area contributed by atoms with Crippen molar-refractivity contribution in [2.45, 2.75) is 18.4 Å². The van der Waals surface area contributed by atoms with Crippen LogP contribution in [0.2, 0.25) is 0 Å². The van der Waals surface area contributed by atoms with Crippen molar-refractivity contribution in [1.29, 1.82) is 0 Å². The van der Waals surface area contributed by atoms with Crippen LogP contribution in [0, 0.1) is 5.82 Å². The third-order valence-electron chi connectivity index (χ3n) is 3.50. The maximum atomic E-state index is 12.9. The molecule has 0 aromatic heterocycles. The van der Waals surface area contributed by atoms with Crippen molar-refractivity contribution in [3.63, 3.8) is 0 Å². The highest BCUT2D eigenvalue weighted by atomic mass is 19.1. The van der Waals surface area contributed by atoms with Crippen LogP contribution in [-0.4, -0.2) is 12.1 Å². The van der Waals surface area contributed by atoms with Gasteiger partial charge in [0.2, 0.25) is 0 Å². The minimum Gasteiger partial charge on any atom is -0.491 e. The fraction of sp³-hybridized carbons (Fsp3) is 0.250. The molecule has 0 saturated heterocycles. The summed E-state index contributed by atoms with van der Waals surface area (Å²) in [6.07, 6.45) is 1.46. The maximum Gasteiger partial charge on any atom is 0.123 e. The number of hydrogen-bond acceptors (Lipinski definition) is 2. The predicted octanol–water partition coefficient (Wildman–Crippen LogP) is 2.70. The van der Waals surface area contributed by atoms with Crippen molar-refractivity contribution in [3.8, 4) is 5.75 Å². The predicted molar refractivity (Wildman–Crippen MR) is 72.7 cm³/mol. The summed E-state index contributed by atoms with van der Waals surface area (Å²) in [5, 5.41) is 0. The van der Waals surface area contributed by atoms with Crippen molar-refractivity contribution >= 4 is 0 Å². The van der Waals surface area contributed by atoms with E-state index < -0.39 is 5.54 Å². The third-order valence-corrected chi connectivity index (χ3v) is 3.50. The summed E-state index contributed by atoms with van der Waals surface area (Å²) in [7, 11) is 0. The fourth-order valence-corrected chi connectivity index (χ4v) is 2.56. The first kappa shape index (κ1) is 12.2. The van der Waals surface area contributed by atoms with Crippen LogP contribution < -0.4 is 10.5 Å². The second kappa shape index (κ2) is 4.67. The monoisotopic (exact) mass is 257 g/mol. The number of fused-ring (bicyclic) bond motifs is 1. The lowest BCUT2D eigenvalue weighted by Crippen LogP contribution is -2.51. The van der Waals surface area contributed by atoms with Gasteiger partial charge in [-0.2, -0.15) is 0 Å². The summed E-state index contributed by atoms with van der Waals surface area (Å²) in [5.41, 5.74) is 8.17. The van der Waals surface area contributed by atoms with Crippen LogP contribution in [0.1, 0.15) is 11.1 Å². The number of ether oxygens (including phenoxy) is 1. The zero-order chi connectivity index (χ0) is 13.3. The van der Waals surface area contributed by atoms with Crippen LogP contribution in [0.5, 0.6) is 5.75 Å². The van der Waals surface area contributed by atoms with Crippen molar-refractivity contribution in [3.05, 3.63) is 65.5 Å². The molecule has 0 spiro atoms. The summed E-state index contributed by atoms with van der Waals surface area (Å²) in [6.45, 7) is 0.487. The Hall–Kier alpha value is -1.87. The van der Waals surface area contributed by atoms with Crippen LogP contribution >= 0.6 is 0 Å². The smallest absolute Gasteiger partial charge is 0.123 e. The Labute approximate surface area is 112 Å². The van der Waals surface area contributed by atoms with Gasteiger partial charge < -0.3 is 10.5 Å². The van der Waals surface area contributed by atoms with Crippen molar-refractivity contribution in [1.82, 2.24) is 0 Å². The first-order valence-electron chi connectivity index (χ1n) is 6.39. The van der Waals surface area contributed by atoms with Gasteiger partial charge in [-0.05, 0) is 42.2 Å². The molecule has 2 aromatic carbocycles. The number of benzene rings is 2. The van der Waals surface area contributed by atoms with E-state index in [0.717, 1.165) is 23.3 Å². The van der Waals surface area contributed by atoms with Crippen LogP contribution in [-0.2, 0) is 12.8 Å². The molecular formula is C16H16FNO. The third kappa shape index (κ3) is 2.61. The van der Waals surface area contributed by atoms with Gasteiger partial charge in [-0.3, -0.25) is 0 Å². The topological polar surface area (TPSA) is 35.2 Å². The average molecular weight is 257 g/mol. The molecule has 19 heavy (non-hydrogen) atoms. The Balaban J connectivity index is 1.80. The van der Waals surface area contributed by atoms with Gasteiger partial charge in [0.25, 0.3) is 0 Å². The highest BCUT2D eigenvalue weighted by Crippen LogP contribution is 2.29. The lowest BCUT2D eigenvalue weighted by atomic mass is 9.84. The van der Waals surface area contributed by atoms with Crippen molar-refractivity contribution in [2.24, 2.45) is 5.73 Å². The second-order valence-electron chi connectivity index (χ2n) is 5.24. The number of para-hydroxylation sites is 1. The van der Waals surface area contributed by atoms with Gasteiger partial charge in [0, 0.05) is 0 Å². The Morgan fingerprint density at radius 2 is 1.84 bits per heavy atom. The number of halogens is 1. The molecule has 1 heterocycles. The molecule has 0 amide bonds. The lowest BCUT2D eigenvalue weighted by Gasteiger charge is -2.34. The van der Waals surface area contributed by atoms with E-state index in [4.69, 9.17) is 10.5 Å². The molecule has 0 bridgehead atoms. The van der Waals surface area contributed by atoms with E-state index in [1.165, 1.54) is 12.1 Å². The van der Waals surface area contributed by atoms with Crippen LogP contribution in [0.15, 0.2) is 48.5 Å². The van der Waals surface area contributed by atoms with E-state index in [1.807, 2.05) is 24.3 Å². The molecule has 98 valence electrons. The molecule has 1 unspecified atom stereocenters. The minimum absolute atomic E-state index is 0.222. The molecule has 1 aliphatic rings. The minimum atomic E-state index is -0.424. The van der Waals surface area contributed by atoms with E-state index >= 15 is 0 Å². The van der Waals surface area contributed by atoms with E-state index in [1.54, 1.807) is 12.1 Å². The van der Waals surface area contributed by atoms with E-state index in [0.29, 0.717) is 13.0 Å². The van der Waals surface area contributed by atoms with Crippen LogP contribution in [0.3, 0.4) is 0 Å². The van der Waals surface area contributed by atoms with Gasteiger partial charge in [-0.15, -0.1) is 0 Å². The molecule has 0 aliphatic carbocycles. The Morgan fingerprint density at radius 3 is 2.63 bits per heavy atom. The van der Waals surface area contributed by atoms with E-state index in [9.17, 15) is 4.39 Å². The molecule has 3 heteroatoms. The molecule has 2 nitrogen and oxygen atoms in total. The molecule has 0 saturated carbocycles. The lowest BCUT2D eigenvalue weighted by molar-refractivity contribution is 0.190. The highest BCUT2D eigenvalue weighted by molar-refractivity contribution is 5.37. The van der Waals surface area contributed by atoms with Gasteiger partial charge in [-0.1, -0.05) is 30.3 Å². The molecule has 3 rings (SSSR count). The number of rotatable bonds is 2. The molecule has 0 fully saturated rings. The second-order valence-corrected chi connectivity index (χ2v) is 5.24. The number of hydrogen-bond donors (Lipinski definition) is 1. The van der Waals surface area contributed by atoms with Gasteiger partial charge in [0.05, 0.1) is 5.54 Å². The molecule has 1 atom stereocenters. The van der Waals surface area contributed by atoms with Gasteiger partial charge in [0.15, 0.2) is 0 Å². The first-order chi connectivity index (χ1) is 9.15. The molecule has 2 N–H and O–H groups in total. The first-order valence-corrected chi connectivity index (χ1v) is 6.39. The summed E-state index contributed by atoms with van der Waals surface area (Å²) < 4.78 is 18.6. The van der Waals surface area contributed by atoms with Gasteiger partial charge in [-0.25, -0.2) is 4.39 Å². The molecule has 2 aromatic rings. The summed E-state index contributed by atoms with van der Waals surface area (Å²) in [6, 6.07) is 14.5. The largest absolute Gasteiger partial charge is 0.491 e. The molecule has 1 aliphatic heterocycles.